The third-order valence-electron chi connectivity index (χ3n) is 4.72. The van der Waals surface area contributed by atoms with Crippen LogP contribution in [0.15, 0.2) is 29.6 Å². The highest BCUT2D eigenvalue weighted by atomic mass is 32.1. The Bertz CT molecular complexity index is 814. The summed E-state index contributed by atoms with van der Waals surface area (Å²) in [5.41, 5.74) is 1.81. The van der Waals surface area contributed by atoms with Gasteiger partial charge in [-0.3, -0.25) is 9.59 Å². The average Bonchev–Trinajstić information content (AvgIpc) is 3.13. The summed E-state index contributed by atoms with van der Waals surface area (Å²) in [6.45, 7) is 4.27. The molecule has 0 saturated heterocycles. The highest BCUT2D eigenvalue weighted by Gasteiger charge is 2.30. The van der Waals surface area contributed by atoms with Gasteiger partial charge in [-0.2, -0.15) is 0 Å². The normalized spacial score (nSPS) is 16.1. The minimum absolute atomic E-state index is 0.0357. The zero-order valence-electron chi connectivity index (χ0n) is 15.3. The second-order valence-corrected chi connectivity index (χ2v) is 7.27. The van der Waals surface area contributed by atoms with Crippen molar-refractivity contribution in [2.45, 2.75) is 32.7 Å². The number of methoxy groups -OCH3 is 1. The first-order valence-electron chi connectivity index (χ1n) is 8.72. The van der Waals surface area contributed by atoms with Crippen LogP contribution in [0.1, 0.15) is 47.1 Å². The number of ketones is 1. The number of thiophene rings is 1. The van der Waals surface area contributed by atoms with Gasteiger partial charge >= 0.3 is 0 Å². The van der Waals surface area contributed by atoms with Crippen LogP contribution < -0.4 is 9.47 Å². The summed E-state index contributed by atoms with van der Waals surface area (Å²) >= 11 is 1.76. The van der Waals surface area contributed by atoms with Crippen LogP contribution in [0.5, 0.6) is 11.5 Å². The monoisotopic (exact) mass is 373 g/mol. The van der Waals surface area contributed by atoms with Gasteiger partial charge in [0.15, 0.2) is 23.9 Å². The molecular formula is C20H23NO4S. The van der Waals surface area contributed by atoms with Crippen LogP contribution in [0.4, 0.5) is 0 Å². The molecular weight excluding hydrogens is 350 g/mol. The molecule has 26 heavy (non-hydrogen) atoms. The van der Waals surface area contributed by atoms with Crippen LogP contribution in [0.2, 0.25) is 0 Å². The molecule has 1 aliphatic rings. The fourth-order valence-electron chi connectivity index (χ4n) is 3.36. The average molecular weight is 373 g/mol. The molecule has 138 valence electrons. The van der Waals surface area contributed by atoms with Gasteiger partial charge < -0.3 is 14.4 Å². The fourth-order valence-corrected chi connectivity index (χ4v) is 4.29. The quantitative estimate of drug-likeness (QED) is 0.721. The van der Waals surface area contributed by atoms with Gasteiger partial charge in [-0.05, 0) is 55.0 Å². The van der Waals surface area contributed by atoms with Crippen molar-refractivity contribution in [2.24, 2.45) is 0 Å². The Kier molecular flexibility index (Phi) is 5.61. The summed E-state index contributed by atoms with van der Waals surface area (Å²) in [5, 5.41) is 2.10. The van der Waals surface area contributed by atoms with E-state index in [0.29, 0.717) is 23.6 Å². The number of fused-ring (bicyclic) bond motifs is 1. The van der Waals surface area contributed by atoms with E-state index in [2.05, 4.69) is 18.4 Å². The second kappa shape index (κ2) is 7.91. The maximum absolute atomic E-state index is 12.8. The Morgan fingerprint density at radius 2 is 2.08 bits per heavy atom. The molecule has 2 aromatic rings. The summed E-state index contributed by atoms with van der Waals surface area (Å²) in [6, 6.07) is 7.22. The lowest BCUT2D eigenvalue weighted by molar-refractivity contribution is -0.136. The molecule has 5 nitrogen and oxygen atoms in total. The molecule has 3 rings (SSSR count). The predicted octanol–water partition coefficient (Wildman–Crippen LogP) is 3.87. The van der Waals surface area contributed by atoms with Crippen molar-refractivity contribution in [1.29, 1.82) is 0 Å². The highest BCUT2D eigenvalue weighted by molar-refractivity contribution is 7.10. The third kappa shape index (κ3) is 3.60. The highest BCUT2D eigenvalue weighted by Crippen LogP contribution is 2.35. The molecule has 0 bridgehead atoms. The van der Waals surface area contributed by atoms with Crippen LogP contribution in [0.25, 0.3) is 0 Å². The zero-order valence-corrected chi connectivity index (χ0v) is 16.1. The summed E-state index contributed by atoms with van der Waals surface area (Å²) in [4.78, 5) is 27.5. The SMILES string of the molecule is CC[C@@H]1c2ccsc2CCN1C(=O)COc1ccc(C(C)=O)cc1OC. The van der Waals surface area contributed by atoms with E-state index in [1.807, 2.05) is 4.90 Å². The summed E-state index contributed by atoms with van der Waals surface area (Å²) in [7, 11) is 1.52. The lowest BCUT2D eigenvalue weighted by Crippen LogP contribution is -2.41. The maximum atomic E-state index is 12.8. The molecule has 0 spiro atoms. The van der Waals surface area contributed by atoms with Crippen molar-refractivity contribution in [2.75, 3.05) is 20.3 Å². The Morgan fingerprint density at radius 3 is 2.77 bits per heavy atom. The standard InChI is InChI=1S/C20H23NO4S/c1-4-16-15-8-10-26-19(15)7-9-21(16)20(23)12-25-17-6-5-14(13(2)22)11-18(17)24-3/h5-6,8,10-11,16H,4,7,9,12H2,1-3H3/t16-/m1/s1. The molecule has 6 heteroatoms. The molecule has 0 aliphatic carbocycles. The largest absolute Gasteiger partial charge is 0.493 e. The van der Waals surface area contributed by atoms with E-state index in [1.165, 1.54) is 24.5 Å². The number of carbonyl (C=O) groups is 2. The van der Waals surface area contributed by atoms with Gasteiger partial charge in [0, 0.05) is 17.0 Å². The number of hydrogen-bond acceptors (Lipinski definition) is 5. The molecule has 1 atom stereocenters. The van der Waals surface area contributed by atoms with E-state index in [4.69, 9.17) is 9.47 Å². The first kappa shape index (κ1) is 18.5. The number of hydrogen-bond donors (Lipinski definition) is 0. The number of ether oxygens (including phenoxy) is 2. The van der Waals surface area contributed by atoms with Crippen molar-refractivity contribution in [3.05, 3.63) is 45.6 Å². The molecule has 1 aliphatic heterocycles. The van der Waals surface area contributed by atoms with Crippen LogP contribution in [-0.2, 0) is 11.2 Å². The van der Waals surface area contributed by atoms with Crippen LogP contribution in [0, 0.1) is 0 Å². The van der Waals surface area contributed by atoms with Gasteiger partial charge in [0.1, 0.15) is 0 Å². The lowest BCUT2D eigenvalue weighted by Gasteiger charge is -2.35. The molecule has 0 unspecified atom stereocenters. The Morgan fingerprint density at radius 1 is 1.27 bits per heavy atom. The minimum Gasteiger partial charge on any atom is -0.493 e. The van der Waals surface area contributed by atoms with Gasteiger partial charge in [0.05, 0.1) is 13.2 Å². The number of carbonyl (C=O) groups excluding carboxylic acids is 2. The van der Waals surface area contributed by atoms with Gasteiger partial charge in [-0.15, -0.1) is 11.3 Å². The fraction of sp³-hybridized carbons (Fsp3) is 0.400. The molecule has 2 heterocycles. The van der Waals surface area contributed by atoms with E-state index < -0.39 is 0 Å². The molecule has 0 saturated carbocycles. The molecule has 0 N–H and O–H groups in total. The van der Waals surface area contributed by atoms with Gasteiger partial charge in [-0.1, -0.05) is 6.92 Å². The Balaban J connectivity index is 1.70. The van der Waals surface area contributed by atoms with Crippen molar-refractivity contribution in [1.82, 2.24) is 4.90 Å². The first-order valence-corrected chi connectivity index (χ1v) is 9.60. The molecule has 0 radical (unpaired) electrons. The number of rotatable bonds is 6. The van der Waals surface area contributed by atoms with Crippen LogP contribution in [-0.4, -0.2) is 36.9 Å². The van der Waals surface area contributed by atoms with E-state index in [0.717, 1.165) is 12.8 Å². The molecule has 1 aromatic carbocycles. The van der Waals surface area contributed by atoms with Crippen molar-refractivity contribution >= 4 is 23.0 Å². The van der Waals surface area contributed by atoms with E-state index in [-0.39, 0.29) is 24.3 Å². The van der Waals surface area contributed by atoms with Crippen LogP contribution in [0.3, 0.4) is 0 Å². The van der Waals surface area contributed by atoms with Gasteiger partial charge in [0.2, 0.25) is 0 Å². The molecule has 1 aromatic heterocycles. The summed E-state index contributed by atoms with van der Waals surface area (Å²) in [5.74, 6) is 0.839. The van der Waals surface area contributed by atoms with Crippen molar-refractivity contribution in [3.63, 3.8) is 0 Å². The molecule has 0 fully saturated rings. The number of Topliss-reactive ketones (excluding diaryl/α,β-unsaturated/α-hetero) is 1. The van der Waals surface area contributed by atoms with E-state index in [1.54, 1.807) is 29.5 Å². The maximum Gasteiger partial charge on any atom is 0.261 e. The van der Waals surface area contributed by atoms with E-state index in [9.17, 15) is 9.59 Å². The number of nitrogens with zero attached hydrogens (tertiary/aromatic N) is 1. The molecule has 1 amide bonds. The number of benzene rings is 1. The van der Waals surface area contributed by atoms with Crippen LogP contribution >= 0.6 is 11.3 Å². The Hall–Kier alpha value is -2.34. The van der Waals surface area contributed by atoms with Gasteiger partial charge in [0.25, 0.3) is 5.91 Å². The summed E-state index contributed by atoms with van der Waals surface area (Å²) < 4.78 is 11.0. The number of amides is 1. The summed E-state index contributed by atoms with van der Waals surface area (Å²) in [6.07, 6.45) is 1.78. The smallest absolute Gasteiger partial charge is 0.261 e. The van der Waals surface area contributed by atoms with Gasteiger partial charge in [-0.25, -0.2) is 0 Å². The van der Waals surface area contributed by atoms with Crippen molar-refractivity contribution < 1.29 is 19.1 Å². The lowest BCUT2D eigenvalue weighted by atomic mass is 9.98. The Labute approximate surface area is 157 Å². The minimum atomic E-state index is -0.0499. The van der Waals surface area contributed by atoms with E-state index >= 15 is 0 Å². The zero-order chi connectivity index (χ0) is 18.7. The topological polar surface area (TPSA) is 55.8 Å². The predicted molar refractivity (Wildman–Crippen MR) is 101 cm³/mol. The first-order chi connectivity index (χ1) is 12.5. The third-order valence-corrected chi connectivity index (χ3v) is 5.72. The second-order valence-electron chi connectivity index (χ2n) is 6.27. The van der Waals surface area contributed by atoms with Crippen molar-refractivity contribution in [3.8, 4) is 11.5 Å².